The van der Waals surface area contributed by atoms with E-state index in [-0.39, 0.29) is 31.1 Å². The molecular formula is C18H27N3O2. The molecule has 1 heterocycles. The Hall–Kier alpha value is -1.88. The first-order valence-electron chi connectivity index (χ1n) is 8.39. The topological polar surface area (TPSA) is 58.4 Å². The van der Waals surface area contributed by atoms with Gasteiger partial charge < -0.3 is 14.6 Å². The van der Waals surface area contributed by atoms with E-state index in [1.54, 1.807) is 0 Å². The van der Waals surface area contributed by atoms with Gasteiger partial charge >= 0.3 is 0 Å². The molecule has 5 nitrogen and oxygen atoms in total. The molecule has 126 valence electrons. The normalized spacial score (nSPS) is 14.0. The monoisotopic (exact) mass is 317 g/mol. The van der Waals surface area contributed by atoms with Crippen LogP contribution >= 0.6 is 0 Å². The molecule has 2 rings (SSSR count). The molecule has 2 aromatic rings. The third-order valence-electron chi connectivity index (χ3n) is 4.59. The van der Waals surface area contributed by atoms with Gasteiger partial charge in [-0.1, -0.05) is 26.0 Å². The minimum atomic E-state index is -0.172. The van der Waals surface area contributed by atoms with Gasteiger partial charge in [-0.05, 0) is 38.8 Å². The van der Waals surface area contributed by atoms with Crippen molar-refractivity contribution in [3.63, 3.8) is 0 Å². The van der Waals surface area contributed by atoms with Crippen molar-refractivity contribution < 1.29 is 9.90 Å². The average Bonchev–Trinajstić information content (AvgIpc) is 2.92. The lowest BCUT2D eigenvalue weighted by molar-refractivity contribution is -0.136. The Morgan fingerprint density at radius 1 is 1.22 bits per heavy atom. The number of benzene rings is 1. The van der Waals surface area contributed by atoms with Crippen LogP contribution in [0.3, 0.4) is 0 Å². The highest BCUT2D eigenvalue weighted by Gasteiger charge is 2.25. The number of para-hydroxylation sites is 2. The summed E-state index contributed by atoms with van der Waals surface area (Å²) in [7, 11) is 0. The molecule has 23 heavy (non-hydrogen) atoms. The zero-order valence-corrected chi connectivity index (χ0v) is 14.5. The summed E-state index contributed by atoms with van der Waals surface area (Å²) in [6.07, 6.45) is 1.85. The van der Waals surface area contributed by atoms with E-state index in [9.17, 15) is 9.90 Å². The van der Waals surface area contributed by atoms with E-state index >= 15 is 0 Å². The maximum absolute atomic E-state index is 12.9. The van der Waals surface area contributed by atoms with Crippen LogP contribution in [0.4, 0.5) is 0 Å². The van der Waals surface area contributed by atoms with Crippen molar-refractivity contribution in [2.24, 2.45) is 0 Å². The second-order valence-corrected chi connectivity index (χ2v) is 6.08. The fourth-order valence-corrected chi connectivity index (χ4v) is 2.96. The lowest BCUT2D eigenvalue weighted by atomic mass is 10.1. The summed E-state index contributed by atoms with van der Waals surface area (Å²) in [6.45, 7) is 8.41. The van der Waals surface area contributed by atoms with E-state index in [0.717, 1.165) is 23.9 Å². The Morgan fingerprint density at radius 3 is 2.39 bits per heavy atom. The molecule has 0 saturated heterocycles. The van der Waals surface area contributed by atoms with Gasteiger partial charge in [-0.15, -0.1) is 0 Å². The molecule has 5 heteroatoms. The minimum Gasteiger partial charge on any atom is -0.388 e. The Morgan fingerprint density at radius 2 is 1.83 bits per heavy atom. The number of rotatable bonds is 7. The van der Waals surface area contributed by atoms with Crippen LogP contribution in [0.15, 0.2) is 24.3 Å². The number of aliphatic hydroxyl groups is 1. The summed E-state index contributed by atoms with van der Waals surface area (Å²) in [4.78, 5) is 19.3. The summed E-state index contributed by atoms with van der Waals surface area (Å²) >= 11 is 0. The highest BCUT2D eigenvalue weighted by atomic mass is 16.3. The molecule has 0 aliphatic heterocycles. The van der Waals surface area contributed by atoms with E-state index < -0.39 is 0 Å². The lowest BCUT2D eigenvalue weighted by Gasteiger charge is -2.34. The highest BCUT2D eigenvalue weighted by Crippen LogP contribution is 2.18. The number of fused-ring (bicyclic) bond motifs is 1. The van der Waals surface area contributed by atoms with Crippen LogP contribution in [-0.2, 0) is 17.9 Å². The molecule has 1 aromatic carbocycles. The average molecular weight is 317 g/mol. The minimum absolute atomic E-state index is 0.0755. The lowest BCUT2D eigenvalue weighted by Crippen LogP contribution is -2.45. The molecule has 1 amide bonds. The standard InChI is InChI=1S/C18H27N3O2/c1-5-13(3)21(14(4)6-2)18(23)11-20-16-10-8-7-9-15(16)19-17(20)12-22/h7-10,13-14,22H,5-6,11-12H2,1-4H3. The Kier molecular flexibility index (Phi) is 5.77. The Labute approximate surface area is 137 Å². The molecule has 2 unspecified atom stereocenters. The first-order valence-corrected chi connectivity index (χ1v) is 8.39. The van der Waals surface area contributed by atoms with Gasteiger partial charge in [-0.25, -0.2) is 4.98 Å². The molecule has 0 aliphatic carbocycles. The van der Waals surface area contributed by atoms with Crippen LogP contribution in [0, 0.1) is 0 Å². The number of aromatic nitrogens is 2. The van der Waals surface area contributed by atoms with E-state index in [1.807, 2.05) is 33.7 Å². The maximum atomic E-state index is 12.9. The fraction of sp³-hybridized carbons (Fsp3) is 0.556. The van der Waals surface area contributed by atoms with Crippen molar-refractivity contribution in [2.75, 3.05) is 0 Å². The van der Waals surface area contributed by atoms with Crippen LogP contribution < -0.4 is 0 Å². The number of carbonyl (C=O) groups is 1. The van der Waals surface area contributed by atoms with Crippen molar-refractivity contribution in [3.8, 4) is 0 Å². The smallest absolute Gasteiger partial charge is 0.243 e. The zero-order chi connectivity index (χ0) is 17.0. The maximum Gasteiger partial charge on any atom is 0.243 e. The van der Waals surface area contributed by atoms with Crippen LogP contribution in [0.25, 0.3) is 11.0 Å². The second-order valence-electron chi connectivity index (χ2n) is 6.08. The van der Waals surface area contributed by atoms with Crippen LogP contribution in [-0.4, -0.2) is 37.5 Å². The largest absolute Gasteiger partial charge is 0.388 e. The molecule has 0 spiro atoms. The van der Waals surface area contributed by atoms with Crippen molar-refractivity contribution in [3.05, 3.63) is 30.1 Å². The molecule has 2 atom stereocenters. The van der Waals surface area contributed by atoms with Gasteiger partial charge in [0.1, 0.15) is 19.0 Å². The Bertz CT molecular complexity index is 655. The SMILES string of the molecule is CCC(C)N(C(=O)Cn1c(CO)nc2ccccc21)C(C)CC. The van der Waals surface area contributed by atoms with E-state index in [4.69, 9.17) is 0 Å². The predicted molar refractivity (Wildman–Crippen MR) is 92.0 cm³/mol. The highest BCUT2D eigenvalue weighted by molar-refractivity contribution is 5.81. The number of carbonyl (C=O) groups excluding carboxylic acids is 1. The quantitative estimate of drug-likeness (QED) is 0.854. The van der Waals surface area contributed by atoms with Gasteiger partial charge in [0.25, 0.3) is 0 Å². The number of amides is 1. The molecule has 0 aliphatic rings. The molecular weight excluding hydrogens is 290 g/mol. The summed E-state index contributed by atoms with van der Waals surface area (Å²) in [5.41, 5.74) is 1.70. The first kappa shape index (κ1) is 17.5. The number of hydrogen-bond donors (Lipinski definition) is 1. The first-order chi connectivity index (χ1) is 11.0. The molecule has 0 radical (unpaired) electrons. The van der Waals surface area contributed by atoms with E-state index in [1.165, 1.54) is 0 Å². The number of aliphatic hydroxyl groups excluding tert-OH is 1. The third-order valence-corrected chi connectivity index (χ3v) is 4.59. The Balaban J connectivity index is 2.34. The summed E-state index contributed by atoms with van der Waals surface area (Å²) in [5.74, 6) is 0.611. The number of hydrogen-bond acceptors (Lipinski definition) is 3. The van der Waals surface area contributed by atoms with Crippen LogP contribution in [0.5, 0.6) is 0 Å². The summed E-state index contributed by atoms with van der Waals surface area (Å²) < 4.78 is 1.83. The molecule has 0 saturated carbocycles. The van der Waals surface area contributed by atoms with Crippen LogP contribution in [0.1, 0.15) is 46.4 Å². The molecule has 0 fully saturated rings. The van der Waals surface area contributed by atoms with Gasteiger partial charge in [-0.3, -0.25) is 4.79 Å². The van der Waals surface area contributed by atoms with Crippen molar-refractivity contribution in [2.45, 2.75) is 65.8 Å². The number of nitrogens with zero attached hydrogens (tertiary/aromatic N) is 3. The van der Waals surface area contributed by atoms with Gasteiger partial charge in [0, 0.05) is 12.1 Å². The molecule has 1 aromatic heterocycles. The van der Waals surface area contributed by atoms with Crippen molar-refractivity contribution >= 4 is 16.9 Å². The van der Waals surface area contributed by atoms with Gasteiger partial charge in [0.05, 0.1) is 11.0 Å². The number of imidazole rings is 1. The summed E-state index contributed by atoms with van der Waals surface area (Å²) in [5, 5.41) is 9.57. The van der Waals surface area contributed by atoms with E-state index in [0.29, 0.717) is 5.82 Å². The fourth-order valence-electron chi connectivity index (χ4n) is 2.96. The third kappa shape index (κ3) is 3.55. The van der Waals surface area contributed by atoms with Gasteiger partial charge in [0.15, 0.2) is 0 Å². The molecule has 0 bridgehead atoms. The molecule has 1 N–H and O–H groups in total. The summed E-state index contributed by atoms with van der Waals surface area (Å²) in [6, 6.07) is 8.07. The predicted octanol–water partition coefficient (Wildman–Crippen LogP) is 2.95. The second kappa shape index (κ2) is 7.59. The van der Waals surface area contributed by atoms with Gasteiger partial charge in [-0.2, -0.15) is 0 Å². The van der Waals surface area contributed by atoms with Gasteiger partial charge in [0.2, 0.25) is 5.91 Å². The van der Waals surface area contributed by atoms with E-state index in [2.05, 4.69) is 32.7 Å². The van der Waals surface area contributed by atoms with Crippen LogP contribution in [0.2, 0.25) is 0 Å². The van der Waals surface area contributed by atoms with Crippen molar-refractivity contribution in [1.29, 1.82) is 0 Å². The zero-order valence-electron chi connectivity index (χ0n) is 14.5. The van der Waals surface area contributed by atoms with Crippen molar-refractivity contribution in [1.82, 2.24) is 14.5 Å².